The molecule has 0 aliphatic heterocycles. The summed E-state index contributed by atoms with van der Waals surface area (Å²) in [6.07, 6.45) is 0.804. The van der Waals surface area contributed by atoms with E-state index in [1.807, 2.05) is 0 Å². The lowest BCUT2D eigenvalue weighted by atomic mass is 9.98. The van der Waals surface area contributed by atoms with Gasteiger partial charge in [-0.1, -0.05) is 0 Å². The summed E-state index contributed by atoms with van der Waals surface area (Å²) in [5.41, 5.74) is 1.70. The number of phenolic OH excluding ortho intramolecular Hbond substituents is 2. The topological polar surface area (TPSA) is 118 Å². The fraction of sp³-hybridized carbons (Fsp3) is 0.478. The summed E-state index contributed by atoms with van der Waals surface area (Å²) in [4.78, 5) is 0. The summed E-state index contributed by atoms with van der Waals surface area (Å²) in [5.74, 6) is 1.11. The predicted molar refractivity (Wildman–Crippen MR) is 116 cm³/mol. The van der Waals surface area contributed by atoms with Crippen molar-refractivity contribution in [3.63, 3.8) is 0 Å². The van der Waals surface area contributed by atoms with E-state index in [0.717, 1.165) is 11.1 Å². The van der Waals surface area contributed by atoms with Gasteiger partial charge in [-0.25, -0.2) is 0 Å². The highest BCUT2D eigenvalue weighted by Crippen LogP contribution is 2.38. The number of aromatic hydroxyl groups is 2. The monoisotopic (exact) mass is 436 g/mol. The van der Waals surface area contributed by atoms with E-state index in [1.54, 1.807) is 24.3 Å². The Morgan fingerprint density at radius 1 is 0.613 bits per heavy atom. The number of phenols is 2. The molecule has 0 bridgehead atoms. The van der Waals surface area contributed by atoms with Gasteiger partial charge < -0.3 is 39.4 Å². The maximum Gasteiger partial charge on any atom is 0.200 e. The van der Waals surface area contributed by atoms with Crippen LogP contribution in [0.2, 0.25) is 0 Å². The molecular formula is C23H32O8. The van der Waals surface area contributed by atoms with Crippen LogP contribution in [0.25, 0.3) is 0 Å². The molecule has 0 aliphatic carbocycles. The zero-order valence-corrected chi connectivity index (χ0v) is 18.4. The lowest BCUT2D eigenvalue weighted by Crippen LogP contribution is -2.19. The minimum atomic E-state index is -0.690. The standard InChI is InChI=1S/C23H32O8/c1-28-18-9-14(10-19(29-2)22(18)26)5-7-16(24)13-17(25)8-6-15-11-20(30-3)23(27)21(12-15)31-4/h9-12,16-17,24-27H,5-8,13H2,1-4H3. The van der Waals surface area contributed by atoms with Crippen LogP contribution in [-0.4, -0.2) is 61.1 Å². The Bertz CT molecular complexity index is 732. The molecule has 4 N–H and O–H groups in total. The molecule has 0 fully saturated rings. The van der Waals surface area contributed by atoms with Crippen molar-refractivity contribution in [3.05, 3.63) is 35.4 Å². The highest BCUT2D eigenvalue weighted by Gasteiger charge is 2.16. The largest absolute Gasteiger partial charge is 0.502 e. The van der Waals surface area contributed by atoms with Crippen LogP contribution in [0.5, 0.6) is 34.5 Å². The van der Waals surface area contributed by atoms with Crippen LogP contribution in [-0.2, 0) is 12.8 Å². The van der Waals surface area contributed by atoms with Crippen molar-refractivity contribution < 1.29 is 39.4 Å². The lowest BCUT2D eigenvalue weighted by molar-refractivity contribution is 0.0714. The van der Waals surface area contributed by atoms with Crippen molar-refractivity contribution >= 4 is 0 Å². The molecule has 0 aromatic heterocycles. The molecule has 0 saturated heterocycles. The minimum absolute atomic E-state index is 0.0628. The first-order valence-corrected chi connectivity index (χ1v) is 10.1. The number of rotatable bonds is 12. The number of aliphatic hydroxyl groups excluding tert-OH is 2. The van der Waals surface area contributed by atoms with Gasteiger partial charge in [-0.15, -0.1) is 0 Å². The molecule has 8 nitrogen and oxygen atoms in total. The van der Waals surface area contributed by atoms with E-state index in [0.29, 0.717) is 48.7 Å². The summed E-state index contributed by atoms with van der Waals surface area (Å²) >= 11 is 0. The van der Waals surface area contributed by atoms with Gasteiger partial charge in [0.05, 0.1) is 40.6 Å². The molecule has 0 heterocycles. The summed E-state index contributed by atoms with van der Waals surface area (Å²) in [6, 6.07) is 6.80. The number of methoxy groups -OCH3 is 4. The van der Waals surface area contributed by atoms with Crippen LogP contribution in [0.3, 0.4) is 0 Å². The molecule has 0 amide bonds. The van der Waals surface area contributed by atoms with Gasteiger partial charge in [-0.3, -0.25) is 0 Å². The average Bonchev–Trinajstić information content (AvgIpc) is 2.77. The van der Waals surface area contributed by atoms with E-state index in [4.69, 9.17) is 18.9 Å². The van der Waals surface area contributed by atoms with Crippen molar-refractivity contribution in [3.8, 4) is 34.5 Å². The number of hydrogen-bond acceptors (Lipinski definition) is 8. The Labute approximate surface area is 182 Å². The minimum Gasteiger partial charge on any atom is -0.502 e. The first kappa shape index (κ1) is 24.4. The third-order valence-corrected chi connectivity index (χ3v) is 5.16. The highest BCUT2D eigenvalue weighted by atomic mass is 16.5. The number of hydrogen-bond donors (Lipinski definition) is 4. The second kappa shape index (κ2) is 11.5. The SMILES string of the molecule is COc1cc(CCC(O)CC(O)CCc2cc(OC)c(O)c(OC)c2)cc(OC)c1O. The van der Waals surface area contributed by atoms with Crippen LogP contribution < -0.4 is 18.9 Å². The van der Waals surface area contributed by atoms with E-state index >= 15 is 0 Å². The van der Waals surface area contributed by atoms with Crippen LogP contribution >= 0.6 is 0 Å². The Morgan fingerprint density at radius 3 is 1.16 bits per heavy atom. The quantitative estimate of drug-likeness (QED) is 0.401. The Balaban J connectivity index is 1.89. The van der Waals surface area contributed by atoms with Gasteiger partial charge in [0.15, 0.2) is 23.0 Å². The van der Waals surface area contributed by atoms with Crippen molar-refractivity contribution in [2.24, 2.45) is 0 Å². The summed E-state index contributed by atoms with van der Waals surface area (Å²) in [7, 11) is 5.84. The molecule has 2 unspecified atom stereocenters. The van der Waals surface area contributed by atoms with Crippen LogP contribution in [0.1, 0.15) is 30.4 Å². The normalized spacial score (nSPS) is 12.8. The summed E-state index contributed by atoms with van der Waals surface area (Å²) in [5, 5.41) is 40.6. The van der Waals surface area contributed by atoms with Gasteiger partial charge >= 0.3 is 0 Å². The fourth-order valence-electron chi connectivity index (χ4n) is 3.40. The first-order chi connectivity index (χ1) is 14.8. The second-order valence-corrected chi connectivity index (χ2v) is 7.32. The summed E-state index contributed by atoms with van der Waals surface area (Å²) in [6.45, 7) is 0. The number of aryl methyl sites for hydroxylation is 2. The first-order valence-electron chi connectivity index (χ1n) is 10.1. The maximum atomic E-state index is 10.3. The number of benzene rings is 2. The Kier molecular flexibility index (Phi) is 9.08. The smallest absolute Gasteiger partial charge is 0.200 e. The van der Waals surface area contributed by atoms with Crippen molar-refractivity contribution in [2.45, 2.75) is 44.3 Å². The molecule has 0 spiro atoms. The van der Waals surface area contributed by atoms with Crippen LogP contribution in [0.15, 0.2) is 24.3 Å². The van der Waals surface area contributed by atoms with E-state index in [9.17, 15) is 20.4 Å². The molecule has 0 aliphatic rings. The van der Waals surface area contributed by atoms with Crippen molar-refractivity contribution in [1.29, 1.82) is 0 Å². The molecule has 31 heavy (non-hydrogen) atoms. The molecule has 172 valence electrons. The number of aliphatic hydroxyl groups is 2. The van der Waals surface area contributed by atoms with Gasteiger partial charge in [0.1, 0.15) is 0 Å². The van der Waals surface area contributed by atoms with Gasteiger partial charge in [-0.05, 0) is 67.5 Å². The molecule has 2 aromatic rings. The van der Waals surface area contributed by atoms with Gasteiger partial charge in [0, 0.05) is 0 Å². The maximum absolute atomic E-state index is 10.3. The van der Waals surface area contributed by atoms with E-state index in [-0.39, 0.29) is 17.9 Å². The molecule has 0 saturated carbocycles. The van der Waals surface area contributed by atoms with Gasteiger partial charge in [-0.2, -0.15) is 0 Å². The molecule has 8 heteroatoms. The summed E-state index contributed by atoms with van der Waals surface area (Å²) < 4.78 is 20.6. The average molecular weight is 437 g/mol. The van der Waals surface area contributed by atoms with Crippen molar-refractivity contribution in [2.75, 3.05) is 28.4 Å². The highest BCUT2D eigenvalue weighted by molar-refractivity contribution is 5.53. The molecule has 2 rings (SSSR count). The fourth-order valence-corrected chi connectivity index (χ4v) is 3.40. The predicted octanol–water partition coefficient (Wildman–Crippen LogP) is 2.81. The third kappa shape index (κ3) is 6.57. The molecule has 2 atom stereocenters. The molecule has 0 radical (unpaired) electrons. The van der Waals surface area contributed by atoms with E-state index in [1.165, 1.54) is 28.4 Å². The van der Waals surface area contributed by atoms with E-state index < -0.39 is 12.2 Å². The van der Waals surface area contributed by atoms with Crippen molar-refractivity contribution in [1.82, 2.24) is 0 Å². The van der Waals surface area contributed by atoms with Crippen LogP contribution in [0, 0.1) is 0 Å². The molecular weight excluding hydrogens is 404 g/mol. The zero-order chi connectivity index (χ0) is 23.0. The Morgan fingerprint density at radius 2 is 0.903 bits per heavy atom. The van der Waals surface area contributed by atoms with Crippen LogP contribution in [0.4, 0.5) is 0 Å². The van der Waals surface area contributed by atoms with Gasteiger partial charge in [0.25, 0.3) is 0 Å². The Hall–Kier alpha value is -2.84. The van der Waals surface area contributed by atoms with E-state index in [2.05, 4.69) is 0 Å². The zero-order valence-electron chi connectivity index (χ0n) is 18.4. The second-order valence-electron chi connectivity index (χ2n) is 7.32. The number of ether oxygens (including phenoxy) is 4. The molecule has 2 aromatic carbocycles. The third-order valence-electron chi connectivity index (χ3n) is 5.16. The van der Waals surface area contributed by atoms with Gasteiger partial charge in [0.2, 0.25) is 11.5 Å². The lowest BCUT2D eigenvalue weighted by Gasteiger charge is -2.17.